The van der Waals surface area contributed by atoms with Crippen LogP contribution in [-0.4, -0.2) is 31.6 Å². The largest absolute Gasteiger partial charge is 0.341 e. The van der Waals surface area contributed by atoms with Crippen LogP contribution in [0.2, 0.25) is 0 Å². The molecule has 0 bridgehead atoms. The van der Waals surface area contributed by atoms with Crippen LogP contribution >= 0.6 is 11.3 Å². The molecule has 2 aromatic heterocycles. The Morgan fingerprint density at radius 3 is 2.92 bits per heavy atom. The lowest BCUT2D eigenvalue weighted by Gasteiger charge is -2.14. The predicted molar refractivity (Wildman–Crippen MR) is 89.9 cm³/mol. The third kappa shape index (κ3) is 3.61. The van der Waals surface area contributed by atoms with Crippen molar-refractivity contribution in [3.8, 4) is 0 Å². The highest BCUT2D eigenvalue weighted by Crippen LogP contribution is 2.20. The van der Waals surface area contributed by atoms with Gasteiger partial charge in [-0.3, -0.25) is 9.59 Å². The lowest BCUT2D eigenvalue weighted by atomic mass is 10.2. The Hall–Kier alpha value is -2.29. The van der Waals surface area contributed by atoms with E-state index in [9.17, 15) is 9.59 Å². The second-order valence-corrected chi connectivity index (χ2v) is 6.71. The van der Waals surface area contributed by atoms with Crippen molar-refractivity contribution in [1.29, 1.82) is 0 Å². The molecule has 2 amide bonds. The molecule has 24 heavy (non-hydrogen) atoms. The van der Waals surface area contributed by atoms with Crippen molar-refractivity contribution in [3.05, 3.63) is 22.7 Å². The Bertz CT molecular complexity index is 753. The third-order valence-electron chi connectivity index (χ3n) is 3.89. The molecule has 1 aliphatic rings. The number of anilines is 1. The maximum atomic E-state index is 12.3. The smallest absolute Gasteiger partial charge is 0.271 e. The monoisotopic (exact) mass is 348 g/mol. The zero-order valence-corrected chi connectivity index (χ0v) is 14.5. The van der Waals surface area contributed by atoms with Gasteiger partial charge in [0.1, 0.15) is 11.5 Å². The van der Waals surface area contributed by atoms with Crippen molar-refractivity contribution in [1.82, 2.24) is 25.1 Å². The normalized spacial score (nSPS) is 15.2. The van der Waals surface area contributed by atoms with E-state index < -0.39 is 0 Å². The van der Waals surface area contributed by atoms with Crippen LogP contribution in [0.1, 0.15) is 61.3 Å². The van der Waals surface area contributed by atoms with E-state index in [0.717, 1.165) is 37.5 Å². The Kier molecular flexibility index (Phi) is 4.89. The van der Waals surface area contributed by atoms with E-state index in [0.29, 0.717) is 5.13 Å². The molecule has 0 radical (unpaired) electrons. The van der Waals surface area contributed by atoms with Crippen LogP contribution in [0.25, 0.3) is 0 Å². The van der Waals surface area contributed by atoms with Crippen molar-refractivity contribution < 1.29 is 9.59 Å². The number of aryl methyl sites for hydroxylation is 1. The maximum absolute atomic E-state index is 12.3. The zero-order chi connectivity index (χ0) is 17.1. The van der Waals surface area contributed by atoms with Crippen LogP contribution in [0.4, 0.5) is 5.13 Å². The van der Waals surface area contributed by atoms with E-state index >= 15 is 0 Å². The molecule has 0 saturated carbocycles. The highest BCUT2D eigenvalue weighted by Gasteiger charge is 2.22. The highest BCUT2D eigenvalue weighted by molar-refractivity contribution is 7.14. The molecular weight excluding hydrogens is 328 g/mol. The van der Waals surface area contributed by atoms with E-state index in [4.69, 9.17) is 0 Å². The van der Waals surface area contributed by atoms with Crippen molar-refractivity contribution in [3.63, 3.8) is 0 Å². The number of fused-ring (bicyclic) bond motifs is 1. The number of aromatic nitrogens is 4. The van der Waals surface area contributed by atoms with Gasteiger partial charge in [-0.25, -0.2) is 4.98 Å². The lowest BCUT2D eigenvalue weighted by Crippen LogP contribution is -2.29. The number of amides is 2. The number of hydrogen-bond acceptors (Lipinski definition) is 6. The molecule has 9 heteroatoms. The van der Waals surface area contributed by atoms with Gasteiger partial charge >= 0.3 is 0 Å². The van der Waals surface area contributed by atoms with Gasteiger partial charge in [-0.2, -0.15) is 0 Å². The average molecular weight is 348 g/mol. The van der Waals surface area contributed by atoms with Gasteiger partial charge in [-0.15, -0.1) is 21.5 Å². The van der Waals surface area contributed by atoms with Crippen molar-refractivity contribution >= 4 is 28.3 Å². The molecule has 3 rings (SSSR count). The highest BCUT2D eigenvalue weighted by atomic mass is 32.1. The molecule has 128 valence electrons. The number of hydrogen-bond donors (Lipinski definition) is 2. The van der Waals surface area contributed by atoms with E-state index in [-0.39, 0.29) is 23.6 Å². The van der Waals surface area contributed by atoms with Crippen LogP contribution in [0.15, 0.2) is 5.38 Å². The molecule has 2 N–H and O–H groups in total. The molecule has 3 heterocycles. The predicted octanol–water partition coefficient (Wildman–Crippen LogP) is 1.91. The van der Waals surface area contributed by atoms with Crippen molar-refractivity contribution in [2.24, 2.45) is 0 Å². The Morgan fingerprint density at radius 1 is 1.29 bits per heavy atom. The van der Waals surface area contributed by atoms with E-state index in [2.05, 4.69) is 30.4 Å². The topological polar surface area (TPSA) is 102 Å². The second kappa shape index (κ2) is 7.08. The molecular formula is C15H20N6O2S. The summed E-state index contributed by atoms with van der Waals surface area (Å²) >= 11 is 1.22. The van der Waals surface area contributed by atoms with Gasteiger partial charge < -0.3 is 15.2 Å². The van der Waals surface area contributed by atoms with Crippen LogP contribution < -0.4 is 10.6 Å². The van der Waals surface area contributed by atoms with Gasteiger partial charge in [0.05, 0.1) is 6.04 Å². The fourth-order valence-corrected chi connectivity index (χ4v) is 3.49. The maximum Gasteiger partial charge on any atom is 0.271 e. The summed E-state index contributed by atoms with van der Waals surface area (Å²) in [5, 5.41) is 16.0. The Morgan fingerprint density at radius 2 is 2.12 bits per heavy atom. The summed E-state index contributed by atoms with van der Waals surface area (Å²) in [5.41, 5.74) is 0.284. The average Bonchev–Trinajstić information content (AvgIpc) is 3.08. The first-order valence-corrected chi connectivity index (χ1v) is 8.88. The second-order valence-electron chi connectivity index (χ2n) is 5.85. The fourth-order valence-electron chi connectivity index (χ4n) is 2.75. The van der Waals surface area contributed by atoms with Crippen molar-refractivity contribution in [2.45, 2.75) is 52.1 Å². The number of nitrogens with one attached hydrogen (secondary N) is 2. The molecule has 1 atom stereocenters. The summed E-state index contributed by atoms with van der Waals surface area (Å²) in [7, 11) is 0. The van der Waals surface area contributed by atoms with E-state index in [1.807, 2.05) is 6.92 Å². The minimum atomic E-state index is -0.290. The summed E-state index contributed by atoms with van der Waals surface area (Å²) in [6.45, 7) is 4.18. The number of rotatable bonds is 4. The van der Waals surface area contributed by atoms with Crippen molar-refractivity contribution in [2.75, 3.05) is 5.32 Å². The van der Waals surface area contributed by atoms with Gasteiger partial charge in [0.25, 0.3) is 5.91 Å². The Balaban J connectivity index is 1.69. The molecule has 0 aliphatic carbocycles. The van der Waals surface area contributed by atoms with Gasteiger partial charge in [0.15, 0.2) is 11.0 Å². The fraction of sp³-hybridized carbons (Fsp3) is 0.533. The molecule has 0 saturated heterocycles. The molecule has 8 nitrogen and oxygen atoms in total. The molecule has 1 aliphatic heterocycles. The molecule has 0 aromatic carbocycles. The zero-order valence-electron chi connectivity index (χ0n) is 13.7. The number of thiazole rings is 1. The summed E-state index contributed by atoms with van der Waals surface area (Å²) < 4.78 is 2.11. The van der Waals surface area contributed by atoms with Crippen LogP contribution in [0, 0.1) is 0 Å². The third-order valence-corrected chi connectivity index (χ3v) is 4.65. The first-order valence-electron chi connectivity index (χ1n) is 8.00. The van der Waals surface area contributed by atoms with Gasteiger partial charge in [0.2, 0.25) is 5.91 Å². The molecule has 0 fully saturated rings. The van der Waals surface area contributed by atoms with Crippen LogP contribution in [0.3, 0.4) is 0 Å². The lowest BCUT2D eigenvalue weighted by molar-refractivity contribution is -0.114. The number of carbonyl (C=O) groups is 2. The summed E-state index contributed by atoms with van der Waals surface area (Å²) in [5.74, 6) is 1.26. The summed E-state index contributed by atoms with van der Waals surface area (Å²) in [4.78, 5) is 27.5. The standard InChI is InChI=1S/C15H20N6O2S/c1-9(13-20-19-12-6-4-3-5-7-21(12)13)16-14(23)11-8-24-15(18-11)17-10(2)22/h8-9H,3-7H2,1-2H3,(H,16,23)(H,17,18,22). The van der Waals surface area contributed by atoms with Gasteiger partial charge in [0, 0.05) is 25.3 Å². The molecule has 2 aromatic rings. The van der Waals surface area contributed by atoms with Gasteiger partial charge in [-0.05, 0) is 19.8 Å². The van der Waals surface area contributed by atoms with E-state index in [1.165, 1.54) is 24.7 Å². The quantitative estimate of drug-likeness (QED) is 0.879. The molecule has 0 spiro atoms. The van der Waals surface area contributed by atoms with Crippen LogP contribution in [0.5, 0.6) is 0 Å². The summed E-state index contributed by atoms with van der Waals surface area (Å²) in [6.07, 6.45) is 4.35. The van der Waals surface area contributed by atoms with Gasteiger partial charge in [-0.1, -0.05) is 6.42 Å². The molecule has 1 unspecified atom stereocenters. The number of carbonyl (C=O) groups excluding carboxylic acids is 2. The first-order chi connectivity index (χ1) is 11.5. The van der Waals surface area contributed by atoms with Crippen LogP contribution in [-0.2, 0) is 17.8 Å². The summed E-state index contributed by atoms with van der Waals surface area (Å²) in [6, 6.07) is -0.261. The minimum Gasteiger partial charge on any atom is -0.341 e. The number of nitrogens with zero attached hydrogens (tertiary/aromatic N) is 4. The SMILES string of the molecule is CC(=O)Nc1nc(C(=O)NC(C)c2nnc3n2CCCCC3)cs1. The first kappa shape index (κ1) is 16.6. The van der Waals surface area contributed by atoms with E-state index in [1.54, 1.807) is 5.38 Å². The minimum absolute atomic E-state index is 0.212. The Labute approximate surface area is 143 Å².